The minimum absolute atomic E-state index is 0.0657. The van der Waals surface area contributed by atoms with Crippen LogP contribution in [0.3, 0.4) is 0 Å². The summed E-state index contributed by atoms with van der Waals surface area (Å²) in [7, 11) is 0. The predicted octanol–water partition coefficient (Wildman–Crippen LogP) is 5.35. The number of hydrogen-bond donors (Lipinski definition) is 1. The van der Waals surface area contributed by atoms with E-state index in [-0.39, 0.29) is 11.2 Å². The summed E-state index contributed by atoms with van der Waals surface area (Å²) in [5, 5.41) is 8.86. The first-order valence-corrected chi connectivity index (χ1v) is 9.45. The number of aromatic nitrogens is 2. The Kier molecular flexibility index (Phi) is 4.40. The van der Waals surface area contributed by atoms with Gasteiger partial charge in [-0.1, -0.05) is 42.1 Å². The highest BCUT2D eigenvalue weighted by Crippen LogP contribution is 2.63. The third-order valence-electron chi connectivity index (χ3n) is 4.16. The fourth-order valence-corrected chi connectivity index (χ4v) is 4.65. The lowest BCUT2D eigenvalue weighted by Crippen LogP contribution is -2.02. The minimum Gasteiger partial charge on any atom is -0.411 e. The van der Waals surface area contributed by atoms with E-state index in [1.165, 1.54) is 11.8 Å². The molecule has 0 spiro atoms. The maximum absolute atomic E-state index is 6.31. The number of hydrogen-bond acceptors (Lipinski definition) is 5. The van der Waals surface area contributed by atoms with Gasteiger partial charge in [-0.15, -0.1) is 33.4 Å². The van der Waals surface area contributed by atoms with E-state index in [2.05, 4.69) is 22.3 Å². The molecule has 128 valence electrons. The smallest absolute Gasteiger partial charge is 0.277 e. The zero-order chi connectivity index (χ0) is 17.4. The molecule has 0 radical (unpaired) electrons. The monoisotopic (exact) mass is 391 g/mol. The molecular formula is C18H15Cl2N3OS. The van der Waals surface area contributed by atoms with Gasteiger partial charge in [-0.25, -0.2) is 0 Å². The molecule has 2 aromatic carbocycles. The van der Waals surface area contributed by atoms with E-state index < -0.39 is 4.33 Å². The molecule has 4 nitrogen and oxygen atoms in total. The number of nitrogens with zero attached hydrogens (tertiary/aromatic N) is 2. The van der Waals surface area contributed by atoms with Crippen molar-refractivity contribution in [1.82, 2.24) is 10.2 Å². The Morgan fingerprint density at radius 3 is 2.40 bits per heavy atom. The molecular weight excluding hydrogens is 377 g/mol. The fraction of sp³-hybridized carbons (Fsp3) is 0.222. The van der Waals surface area contributed by atoms with Gasteiger partial charge in [0.25, 0.3) is 5.22 Å². The summed E-state index contributed by atoms with van der Waals surface area (Å²) in [6, 6.07) is 17.4. The van der Waals surface area contributed by atoms with Crippen LogP contribution in [-0.2, 0) is 0 Å². The predicted molar refractivity (Wildman–Crippen MR) is 102 cm³/mol. The molecule has 3 aromatic rings. The number of thioether (sulfide) groups is 1. The Hall–Kier alpha value is -1.69. The Bertz CT molecular complexity index is 868. The summed E-state index contributed by atoms with van der Waals surface area (Å²) in [6.45, 7) is 0. The summed E-state index contributed by atoms with van der Waals surface area (Å²) < 4.78 is 5.13. The largest absolute Gasteiger partial charge is 0.411 e. The van der Waals surface area contributed by atoms with Crippen LogP contribution in [-0.4, -0.2) is 14.5 Å². The van der Waals surface area contributed by atoms with Crippen LogP contribution in [0.15, 0.2) is 64.2 Å². The number of rotatable bonds is 5. The molecule has 0 bridgehead atoms. The summed E-state index contributed by atoms with van der Waals surface area (Å²) in [4.78, 5) is 0. The van der Waals surface area contributed by atoms with Crippen LogP contribution in [0.5, 0.6) is 0 Å². The normalized spacial score (nSPS) is 19.5. The van der Waals surface area contributed by atoms with Gasteiger partial charge < -0.3 is 10.2 Å². The zero-order valence-corrected chi connectivity index (χ0v) is 15.4. The summed E-state index contributed by atoms with van der Waals surface area (Å²) >= 11 is 14.1. The lowest BCUT2D eigenvalue weighted by atomic mass is 10.1. The van der Waals surface area contributed by atoms with Crippen LogP contribution >= 0.6 is 35.0 Å². The first kappa shape index (κ1) is 16.8. The molecule has 2 N–H and O–H groups in total. The number of benzene rings is 2. The topological polar surface area (TPSA) is 64.9 Å². The minimum atomic E-state index is -0.687. The van der Waals surface area contributed by atoms with E-state index in [1.807, 2.05) is 30.3 Å². The van der Waals surface area contributed by atoms with Gasteiger partial charge in [-0.3, -0.25) is 0 Å². The standard InChI is InChI=1S/C18H15Cl2N3OS/c19-18(20)10-14(18)15(11-4-2-1-3-5-11)25-17-23-22-16(24-17)12-6-8-13(21)9-7-12/h1-9,14-15H,10,21H2. The summed E-state index contributed by atoms with van der Waals surface area (Å²) in [5.41, 5.74) is 8.38. The average molecular weight is 392 g/mol. The number of nitrogen functional groups attached to an aromatic ring is 1. The Morgan fingerprint density at radius 1 is 1.08 bits per heavy atom. The number of nitrogens with two attached hydrogens (primary N) is 1. The van der Waals surface area contributed by atoms with Crippen LogP contribution in [0.1, 0.15) is 17.2 Å². The average Bonchev–Trinajstić information content (AvgIpc) is 3.03. The molecule has 25 heavy (non-hydrogen) atoms. The van der Waals surface area contributed by atoms with Crippen molar-refractivity contribution in [1.29, 1.82) is 0 Å². The number of halogens is 2. The summed E-state index contributed by atoms with van der Waals surface area (Å²) in [5.74, 6) is 0.614. The highest BCUT2D eigenvalue weighted by Gasteiger charge is 2.56. The van der Waals surface area contributed by atoms with Crippen molar-refractivity contribution in [2.75, 3.05) is 5.73 Å². The van der Waals surface area contributed by atoms with Crippen molar-refractivity contribution in [3.8, 4) is 11.5 Å². The zero-order valence-electron chi connectivity index (χ0n) is 13.1. The van der Waals surface area contributed by atoms with Crippen LogP contribution in [0.2, 0.25) is 0 Å². The van der Waals surface area contributed by atoms with Gasteiger partial charge in [-0.2, -0.15) is 0 Å². The maximum atomic E-state index is 6.31. The van der Waals surface area contributed by atoms with Gasteiger partial charge in [0.1, 0.15) is 4.33 Å². The number of alkyl halides is 2. The van der Waals surface area contributed by atoms with Crippen LogP contribution in [0.4, 0.5) is 5.69 Å². The molecule has 2 unspecified atom stereocenters. The van der Waals surface area contributed by atoms with Gasteiger partial charge in [0.05, 0.1) is 0 Å². The summed E-state index contributed by atoms with van der Waals surface area (Å²) in [6.07, 6.45) is 0.752. The van der Waals surface area contributed by atoms with E-state index >= 15 is 0 Å². The second kappa shape index (κ2) is 6.56. The van der Waals surface area contributed by atoms with E-state index in [4.69, 9.17) is 33.4 Å². The molecule has 2 atom stereocenters. The first-order valence-electron chi connectivity index (χ1n) is 7.82. The Labute approximate surface area is 159 Å². The third kappa shape index (κ3) is 3.64. The van der Waals surface area contributed by atoms with Crippen molar-refractivity contribution in [3.63, 3.8) is 0 Å². The Balaban J connectivity index is 1.58. The lowest BCUT2D eigenvalue weighted by Gasteiger charge is -2.15. The highest BCUT2D eigenvalue weighted by molar-refractivity contribution is 7.99. The van der Waals surface area contributed by atoms with Crippen LogP contribution < -0.4 is 5.73 Å². The van der Waals surface area contributed by atoms with Crippen LogP contribution in [0.25, 0.3) is 11.5 Å². The van der Waals surface area contributed by atoms with Gasteiger partial charge in [0, 0.05) is 22.4 Å². The molecule has 4 rings (SSSR count). The third-order valence-corrected chi connectivity index (χ3v) is 6.25. The van der Waals surface area contributed by atoms with Gasteiger partial charge in [-0.05, 0) is 36.2 Å². The van der Waals surface area contributed by atoms with Crippen molar-refractivity contribution < 1.29 is 4.42 Å². The molecule has 1 aromatic heterocycles. The van der Waals surface area contributed by atoms with Gasteiger partial charge >= 0.3 is 0 Å². The second-order valence-electron chi connectivity index (χ2n) is 6.02. The lowest BCUT2D eigenvalue weighted by molar-refractivity contribution is 0.464. The molecule has 0 aliphatic heterocycles. The van der Waals surface area contributed by atoms with Crippen molar-refractivity contribution in [2.24, 2.45) is 5.92 Å². The highest BCUT2D eigenvalue weighted by atomic mass is 35.5. The maximum Gasteiger partial charge on any atom is 0.277 e. The number of anilines is 1. The van der Waals surface area contributed by atoms with E-state index in [1.54, 1.807) is 12.1 Å². The molecule has 0 saturated heterocycles. The van der Waals surface area contributed by atoms with Crippen molar-refractivity contribution in [3.05, 3.63) is 60.2 Å². The molecule has 1 heterocycles. The van der Waals surface area contributed by atoms with Crippen molar-refractivity contribution >= 4 is 40.7 Å². The SMILES string of the molecule is Nc1ccc(-c2nnc(SC(c3ccccc3)C3CC3(Cl)Cl)o2)cc1. The molecule has 0 amide bonds. The molecule has 1 fully saturated rings. The second-order valence-corrected chi connectivity index (χ2v) is 8.65. The molecule has 1 saturated carbocycles. The van der Waals surface area contributed by atoms with E-state index in [9.17, 15) is 0 Å². The van der Waals surface area contributed by atoms with E-state index in [0.29, 0.717) is 16.8 Å². The van der Waals surface area contributed by atoms with Gasteiger partial charge in [0.2, 0.25) is 5.89 Å². The quantitative estimate of drug-likeness (QED) is 0.360. The molecule has 1 aliphatic rings. The first-order chi connectivity index (χ1) is 12.0. The fourth-order valence-electron chi connectivity index (χ4n) is 2.70. The molecule has 1 aliphatic carbocycles. The molecule has 7 heteroatoms. The van der Waals surface area contributed by atoms with Crippen LogP contribution in [0, 0.1) is 5.92 Å². The van der Waals surface area contributed by atoms with E-state index in [0.717, 1.165) is 17.5 Å². The van der Waals surface area contributed by atoms with Crippen molar-refractivity contribution in [2.45, 2.75) is 21.2 Å². The Morgan fingerprint density at radius 2 is 1.76 bits per heavy atom. The van der Waals surface area contributed by atoms with Gasteiger partial charge in [0.15, 0.2) is 0 Å².